The standard InChI is InChI=1S/C22H24N4O4/c1-24(2)15-9-7-14(8-10-15)20(27)25-12-11-18-19(25)21(28)26(22(29)23-18)16-5-4-6-17(13-16)30-3/h4-10,13,18-19H,11-12H2,1-3H3,(H,23,29). The van der Waals surface area contributed by atoms with Gasteiger partial charge in [0, 0.05) is 38.0 Å². The number of hydrogen-bond donors (Lipinski definition) is 1. The van der Waals surface area contributed by atoms with Gasteiger partial charge in [0.2, 0.25) is 0 Å². The van der Waals surface area contributed by atoms with Gasteiger partial charge in [-0.1, -0.05) is 6.07 Å². The second-order valence-electron chi connectivity index (χ2n) is 7.60. The molecule has 2 aromatic rings. The number of nitrogens with one attached hydrogen (secondary N) is 1. The fourth-order valence-corrected chi connectivity index (χ4v) is 3.99. The van der Waals surface area contributed by atoms with Crippen LogP contribution in [0.15, 0.2) is 48.5 Å². The smallest absolute Gasteiger partial charge is 0.329 e. The first-order valence-corrected chi connectivity index (χ1v) is 9.77. The monoisotopic (exact) mass is 408 g/mol. The van der Waals surface area contributed by atoms with Crippen LogP contribution < -0.4 is 19.9 Å². The summed E-state index contributed by atoms with van der Waals surface area (Å²) in [5.74, 6) is -0.0915. The number of likely N-dealkylation sites (tertiary alicyclic amines) is 1. The van der Waals surface area contributed by atoms with Gasteiger partial charge in [-0.2, -0.15) is 0 Å². The highest BCUT2D eigenvalue weighted by molar-refractivity contribution is 6.19. The molecule has 2 unspecified atom stereocenters. The molecule has 2 fully saturated rings. The molecule has 2 aliphatic heterocycles. The molecule has 2 saturated heterocycles. The van der Waals surface area contributed by atoms with Gasteiger partial charge in [0.05, 0.1) is 18.8 Å². The number of benzene rings is 2. The Hall–Kier alpha value is -3.55. The lowest BCUT2D eigenvalue weighted by Crippen LogP contribution is -2.65. The Balaban J connectivity index is 1.61. The molecule has 2 aliphatic rings. The molecule has 2 aromatic carbocycles. The summed E-state index contributed by atoms with van der Waals surface area (Å²) in [5.41, 5.74) is 1.90. The third-order valence-electron chi connectivity index (χ3n) is 5.59. The quantitative estimate of drug-likeness (QED) is 0.838. The van der Waals surface area contributed by atoms with Crippen LogP contribution in [-0.2, 0) is 4.79 Å². The van der Waals surface area contributed by atoms with Gasteiger partial charge in [0.1, 0.15) is 11.8 Å². The molecule has 4 amide bonds. The summed E-state index contributed by atoms with van der Waals surface area (Å²) in [6.07, 6.45) is 0.537. The third kappa shape index (κ3) is 3.34. The molecule has 0 saturated carbocycles. The van der Waals surface area contributed by atoms with E-state index in [-0.39, 0.29) is 5.91 Å². The zero-order valence-electron chi connectivity index (χ0n) is 17.2. The summed E-state index contributed by atoms with van der Waals surface area (Å²) in [6.45, 7) is 0.404. The van der Waals surface area contributed by atoms with Crippen molar-refractivity contribution >= 4 is 29.2 Å². The van der Waals surface area contributed by atoms with Crippen LogP contribution in [-0.4, -0.2) is 62.6 Å². The van der Waals surface area contributed by atoms with Crippen LogP contribution in [0.5, 0.6) is 5.75 Å². The molecular weight excluding hydrogens is 384 g/mol. The van der Waals surface area contributed by atoms with Crippen LogP contribution in [0.1, 0.15) is 16.8 Å². The molecule has 8 heteroatoms. The van der Waals surface area contributed by atoms with Crippen molar-refractivity contribution in [2.24, 2.45) is 0 Å². The van der Waals surface area contributed by atoms with Crippen molar-refractivity contribution in [2.45, 2.75) is 18.5 Å². The van der Waals surface area contributed by atoms with Crippen molar-refractivity contribution in [3.63, 3.8) is 0 Å². The number of carbonyl (C=O) groups excluding carboxylic acids is 3. The Kier molecular flexibility index (Phi) is 5.07. The van der Waals surface area contributed by atoms with Crippen molar-refractivity contribution in [3.05, 3.63) is 54.1 Å². The van der Waals surface area contributed by atoms with Gasteiger partial charge < -0.3 is 19.9 Å². The maximum atomic E-state index is 13.3. The van der Waals surface area contributed by atoms with Crippen LogP contribution in [0.2, 0.25) is 0 Å². The summed E-state index contributed by atoms with van der Waals surface area (Å²) in [7, 11) is 5.38. The molecule has 2 heterocycles. The number of fused-ring (bicyclic) bond motifs is 1. The van der Waals surface area contributed by atoms with E-state index in [0.29, 0.717) is 30.0 Å². The second-order valence-corrected chi connectivity index (χ2v) is 7.60. The Morgan fingerprint density at radius 1 is 1.13 bits per heavy atom. The predicted molar refractivity (Wildman–Crippen MR) is 113 cm³/mol. The molecular formula is C22H24N4O4. The Labute approximate surface area is 175 Å². The molecule has 0 bridgehead atoms. The van der Waals surface area contributed by atoms with E-state index in [2.05, 4.69) is 5.32 Å². The number of ether oxygens (including phenoxy) is 1. The molecule has 156 valence electrons. The number of rotatable bonds is 4. The van der Waals surface area contributed by atoms with Crippen molar-refractivity contribution in [3.8, 4) is 5.75 Å². The van der Waals surface area contributed by atoms with Crippen molar-refractivity contribution < 1.29 is 19.1 Å². The average molecular weight is 408 g/mol. The summed E-state index contributed by atoms with van der Waals surface area (Å²) in [5, 5.41) is 2.88. The number of imide groups is 1. The zero-order valence-corrected chi connectivity index (χ0v) is 17.2. The summed E-state index contributed by atoms with van der Waals surface area (Å²) >= 11 is 0. The number of anilines is 2. The SMILES string of the molecule is COc1cccc(N2C(=O)NC3CCN(C(=O)c4ccc(N(C)C)cc4)C3C2=O)c1. The minimum Gasteiger partial charge on any atom is -0.497 e. The number of methoxy groups -OCH3 is 1. The van der Waals surface area contributed by atoms with Crippen LogP contribution in [0.25, 0.3) is 0 Å². The second kappa shape index (κ2) is 7.70. The van der Waals surface area contributed by atoms with Gasteiger partial charge in [-0.05, 0) is 42.8 Å². The summed E-state index contributed by atoms with van der Waals surface area (Å²) < 4.78 is 5.21. The number of hydrogen-bond acceptors (Lipinski definition) is 5. The fraction of sp³-hybridized carbons (Fsp3) is 0.318. The highest BCUT2D eigenvalue weighted by atomic mass is 16.5. The van der Waals surface area contributed by atoms with Gasteiger partial charge in [-0.15, -0.1) is 0 Å². The lowest BCUT2D eigenvalue weighted by molar-refractivity contribution is -0.122. The molecule has 30 heavy (non-hydrogen) atoms. The molecule has 0 aliphatic carbocycles. The maximum absolute atomic E-state index is 13.3. The Bertz CT molecular complexity index is 989. The Morgan fingerprint density at radius 3 is 2.53 bits per heavy atom. The van der Waals surface area contributed by atoms with Crippen molar-refractivity contribution in [2.75, 3.05) is 37.5 Å². The van der Waals surface area contributed by atoms with Crippen LogP contribution in [0.3, 0.4) is 0 Å². The summed E-state index contributed by atoms with van der Waals surface area (Å²) in [4.78, 5) is 43.7. The largest absolute Gasteiger partial charge is 0.497 e. The molecule has 8 nitrogen and oxygen atoms in total. The van der Waals surface area contributed by atoms with Crippen molar-refractivity contribution in [1.29, 1.82) is 0 Å². The van der Waals surface area contributed by atoms with E-state index < -0.39 is 24.0 Å². The molecule has 0 spiro atoms. The highest BCUT2D eigenvalue weighted by Gasteiger charge is 2.50. The molecule has 0 radical (unpaired) electrons. The van der Waals surface area contributed by atoms with Crippen LogP contribution >= 0.6 is 0 Å². The van der Waals surface area contributed by atoms with Gasteiger partial charge in [0.15, 0.2) is 0 Å². The van der Waals surface area contributed by atoms with E-state index in [4.69, 9.17) is 4.74 Å². The van der Waals surface area contributed by atoms with Crippen LogP contribution in [0.4, 0.5) is 16.2 Å². The van der Waals surface area contributed by atoms with E-state index in [1.54, 1.807) is 41.3 Å². The van der Waals surface area contributed by atoms with Gasteiger partial charge >= 0.3 is 6.03 Å². The number of carbonyl (C=O) groups is 3. The molecule has 4 rings (SSSR count). The molecule has 2 atom stereocenters. The number of nitrogens with zero attached hydrogens (tertiary/aromatic N) is 3. The van der Waals surface area contributed by atoms with E-state index in [9.17, 15) is 14.4 Å². The van der Waals surface area contributed by atoms with Crippen molar-refractivity contribution in [1.82, 2.24) is 10.2 Å². The summed E-state index contributed by atoms with van der Waals surface area (Å²) in [6, 6.07) is 12.4. The first-order chi connectivity index (χ1) is 14.4. The number of urea groups is 1. The minimum absolute atomic E-state index is 0.220. The topological polar surface area (TPSA) is 82.2 Å². The third-order valence-corrected chi connectivity index (χ3v) is 5.59. The molecule has 1 N–H and O–H groups in total. The average Bonchev–Trinajstić information content (AvgIpc) is 3.17. The van der Waals surface area contributed by atoms with E-state index in [1.807, 2.05) is 31.1 Å². The molecule has 0 aromatic heterocycles. The van der Waals surface area contributed by atoms with E-state index >= 15 is 0 Å². The fourth-order valence-electron chi connectivity index (χ4n) is 3.99. The van der Waals surface area contributed by atoms with Gasteiger partial charge in [-0.25, -0.2) is 9.69 Å². The lowest BCUT2D eigenvalue weighted by Gasteiger charge is -2.37. The van der Waals surface area contributed by atoms with E-state index in [0.717, 1.165) is 10.6 Å². The van der Waals surface area contributed by atoms with E-state index in [1.165, 1.54) is 7.11 Å². The minimum atomic E-state index is -0.741. The lowest BCUT2D eigenvalue weighted by atomic mass is 10.0. The maximum Gasteiger partial charge on any atom is 0.329 e. The Morgan fingerprint density at radius 2 is 1.87 bits per heavy atom. The van der Waals surface area contributed by atoms with Crippen LogP contribution in [0, 0.1) is 0 Å². The first-order valence-electron chi connectivity index (χ1n) is 9.77. The highest BCUT2D eigenvalue weighted by Crippen LogP contribution is 2.30. The first kappa shape index (κ1) is 19.8. The van der Waals surface area contributed by atoms with Gasteiger partial charge in [-0.3, -0.25) is 9.59 Å². The normalized spacial score (nSPS) is 20.6. The van der Waals surface area contributed by atoms with Gasteiger partial charge in [0.25, 0.3) is 11.8 Å². The zero-order chi connectivity index (χ0) is 21.4. The number of amides is 4. The predicted octanol–water partition coefficient (Wildman–Crippen LogP) is 2.10.